The van der Waals surface area contributed by atoms with Crippen LogP contribution in [0.3, 0.4) is 0 Å². The summed E-state index contributed by atoms with van der Waals surface area (Å²) in [6, 6.07) is 5.17. The molecule has 0 aromatic carbocycles. The molecule has 0 amide bonds. The fraction of sp³-hybridized carbons (Fsp3) is 0.429. The third-order valence-electron chi connectivity index (χ3n) is 3.11. The van der Waals surface area contributed by atoms with Gasteiger partial charge in [-0.3, -0.25) is 0 Å². The van der Waals surface area contributed by atoms with Gasteiger partial charge in [0.1, 0.15) is 5.76 Å². The van der Waals surface area contributed by atoms with Crippen LogP contribution in [0.4, 0.5) is 0 Å². The minimum Gasteiger partial charge on any atom is -0.468 e. The van der Waals surface area contributed by atoms with Crippen molar-refractivity contribution < 1.29 is 12.8 Å². The van der Waals surface area contributed by atoms with Crippen LogP contribution >= 0.6 is 0 Å². The lowest BCUT2D eigenvalue weighted by Crippen LogP contribution is -2.22. The maximum absolute atomic E-state index is 12.3. The Morgan fingerprint density at radius 1 is 1.33 bits per heavy atom. The van der Waals surface area contributed by atoms with Gasteiger partial charge in [0.25, 0.3) is 0 Å². The lowest BCUT2D eigenvalue weighted by atomic mass is 10.4. The fourth-order valence-electron chi connectivity index (χ4n) is 2.11. The summed E-state index contributed by atoms with van der Waals surface area (Å²) in [6.07, 6.45) is 4.15. The molecular formula is C14H21N3O3S. The van der Waals surface area contributed by atoms with Crippen molar-refractivity contribution in [3.63, 3.8) is 0 Å². The molecule has 0 aliphatic heterocycles. The van der Waals surface area contributed by atoms with Gasteiger partial charge in [-0.05, 0) is 31.7 Å². The molecular weight excluding hydrogens is 290 g/mol. The Morgan fingerprint density at radius 3 is 2.76 bits per heavy atom. The van der Waals surface area contributed by atoms with E-state index in [2.05, 4.69) is 17.0 Å². The van der Waals surface area contributed by atoms with Gasteiger partial charge in [-0.25, -0.2) is 13.1 Å². The second-order valence-corrected chi connectivity index (χ2v) is 6.56. The Bertz CT molecular complexity index is 636. The van der Waals surface area contributed by atoms with Crippen molar-refractivity contribution in [2.24, 2.45) is 0 Å². The zero-order valence-electron chi connectivity index (χ0n) is 12.3. The molecule has 6 nitrogen and oxygen atoms in total. The molecule has 0 unspecified atom stereocenters. The zero-order chi connectivity index (χ0) is 15.3. The predicted molar refractivity (Wildman–Crippen MR) is 80.2 cm³/mol. The SMILES string of the molecule is CCCn1cc(S(=O)(=O)NCc2ccco2)cc1CNC. The molecule has 7 heteroatoms. The van der Waals surface area contributed by atoms with E-state index >= 15 is 0 Å². The Balaban J connectivity index is 2.16. The molecule has 2 N–H and O–H groups in total. The number of hydrogen-bond donors (Lipinski definition) is 2. The number of aryl methyl sites for hydroxylation is 1. The molecule has 0 fully saturated rings. The van der Waals surface area contributed by atoms with Crippen molar-refractivity contribution >= 4 is 10.0 Å². The third kappa shape index (κ3) is 3.96. The van der Waals surface area contributed by atoms with E-state index in [4.69, 9.17) is 4.42 Å². The van der Waals surface area contributed by atoms with E-state index in [1.807, 2.05) is 11.6 Å². The van der Waals surface area contributed by atoms with E-state index in [1.54, 1.807) is 24.4 Å². The average Bonchev–Trinajstić information content (AvgIpc) is 3.08. The van der Waals surface area contributed by atoms with Gasteiger partial charge in [0.05, 0.1) is 17.7 Å². The summed E-state index contributed by atoms with van der Waals surface area (Å²) in [6.45, 7) is 3.64. The van der Waals surface area contributed by atoms with Gasteiger partial charge in [-0.2, -0.15) is 0 Å². The molecule has 0 aliphatic carbocycles. The van der Waals surface area contributed by atoms with Gasteiger partial charge >= 0.3 is 0 Å². The van der Waals surface area contributed by atoms with Crippen LogP contribution in [-0.2, 0) is 29.7 Å². The van der Waals surface area contributed by atoms with Gasteiger partial charge in [0.2, 0.25) is 10.0 Å². The topological polar surface area (TPSA) is 76.3 Å². The highest BCUT2D eigenvalue weighted by Gasteiger charge is 2.18. The molecule has 0 saturated heterocycles. The quantitative estimate of drug-likeness (QED) is 0.778. The van der Waals surface area contributed by atoms with Crippen molar-refractivity contribution in [3.8, 4) is 0 Å². The van der Waals surface area contributed by atoms with Gasteiger partial charge in [0, 0.05) is 25.0 Å². The highest BCUT2D eigenvalue weighted by atomic mass is 32.2. The summed E-state index contributed by atoms with van der Waals surface area (Å²) < 4.78 is 34.3. The lowest BCUT2D eigenvalue weighted by molar-refractivity contribution is 0.498. The molecule has 2 heterocycles. The van der Waals surface area contributed by atoms with Crippen molar-refractivity contribution in [2.75, 3.05) is 7.05 Å². The number of rotatable bonds is 8. The second-order valence-electron chi connectivity index (χ2n) is 4.79. The first kappa shape index (κ1) is 15.8. The van der Waals surface area contributed by atoms with Crippen LogP contribution in [0.5, 0.6) is 0 Å². The van der Waals surface area contributed by atoms with E-state index in [9.17, 15) is 8.42 Å². The van der Waals surface area contributed by atoms with Gasteiger partial charge in [-0.1, -0.05) is 6.92 Å². The van der Waals surface area contributed by atoms with Crippen molar-refractivity contribution in [1.82, 2.24) is 14.6 Å². The number of nitrogens with zero attached hydrogens (tertiary/aromatic N) is 1. The van der Waals surface area contributed by atoms with E-state index in [-0.39, 0.29) is 11.4 Å². The minimum absolute atomic E-state index is 0.148. The maximum atomic E-state index is 12.3. The summed E-state index contributed by atoms with van der Waals surface area (Å²) >= 11 is 0. The number of furan rings is 1. The average molecular weight is 311 g/mol. The Hall–Kier alpha value is -1.57. The molecule has 2 aromatic rings. The number of aromatic nitrogens is 1. The largest absolute Gasteiger partial charge is 0.468 e. The summed E-state index contributed by atoms with van der Waals surface area (Å²) in [5.41, 5.74) is 0.956. The Morgan fingerprint density at radius 2 is 2.14 bits per heavy atom. The first-order chi connectivity index (χ1) is 10.1. The van der Waals surface area contributed by atoms with Crippen molar-refractivity contribution in [3.05, 3.63) is 42.1 Å². The molecule has 2 aromatic heterocycles. The summed E-state index contributed by atoms with van der Waals surface area (Å²) in [7, 11) is -1.69. The molecule has 0 radical (unpaired) electrons. The predicted octanol–water partition coefficient (Wildman–Crippen LogP) is 1.69. The first-order valence-electron chi connectivity index (χ1n) is 6.92. The molecule has 0 aliphatic rings. The van der Waals surface area contributed by atoms with E-state index in [1.165, 1.54) is 6.26 Å². The van der Waals surface area contributed by atoms with Gasteiger partial charge < -0.3 is 14.3 Å². The smallest absolute Gasteiger partial charge is 0.242 e. The van der Waals surface area contributed by atoms with Crippen LogP contribution in [0.1, 0.15) is 24.8 Å². The normalized spacial score (nSPS) is 11.9. The second kappa shape index (κ2) is 6.93. The monoisotopic (exact) mass is 311 g/mol. The minimum atomic E-state index is -3.53. The maximum Gasteiger partial charge on any atom is 0.242 e. The Labute approximate surface area is 125 Å². The zero-order valence-corrected chi connectivity index (χ0v) is 13.1. The highest BCUT2D eigenvalue weighted by Crippen LogP contribution is 2.16. The Kier molecular flexibility index (Phi) is 5.22. The third-order valence-corrected chi connectivity index (χ3v) is 4.48. The van der Waals surface area contributed by atoms with Crippen LogP contribution < -0.4 is 10.0 Å². The summed E-state index contributed by atoms with van der Waals surface area (Å²) in [5.74, 6) is 0.585. The standard InChI is InChI=1S/C14H21N3O3S/c1-3-6-17-11-14(8-12(17)9-15-2)21(18,19)16-10-13-5-4-7-20-13/h4-5,7-8,11,15-16H,3,6,9-10H2,1-2H3. The highest BCUT2D eigenvalue weighted by molar-refractivity contribution is 7.89. The van der Waals surface area contributed by atoms with Crippen LogP contribution in [0.15, 0.2) is 40.0 Å². The molecule has 116 valence electrons. The lowest BCUT2D eigenvalue weighted by Gasteiger charge is -2.06. The number of sulfonamides is 1. The fourth-order valence-corrected chi connectivity index (χ4v) is 3.17. The molecule has 0 bridgehead atoms. The van der Waals surface area contributed by atoms with Crippen molar-refractivity contribution in [1.29, 1.82) is 0 Å². The first-order valence-corrected chi connectivity index (χ1v) is 8.41. The molecule has 0 saturated carbocycles. The summed E-state index contributed by atoms with van der Waals surface area (Å²) in [5, 5.41) is 3.05. The van der Waals surface area contributed by atoms with E-state index in [0.29, 0.717) is 12.3 Å². The van der Waals surface area contributed by atoms with Gasteiger partial charge in [-0.15, -0.1) is 0 Å². The van der Waals surface area contributed by atoms with Crippen molar-refractivity contribution in [2.45, 2.75) is 37.9 Å². The van der Waals surface area contributed by atoms with Crippen LogP contribution in [0.25, 0.3) is 0 Å². The molecule has 21 heavy (non-hydrogen) atoms. The molecule has 0 spiro atoms. The molecule has 0 atom stereocenters. The van der Waals surface area contributed by atoms with E-state index in [0.717, 1.165) is 18.7 Å². The summed E-state index contributed by atoms with van der Waals surface area (Å²) in [4.78, 5) is 0.285. The van der Waals surface area contributed by atoms with Crippen LogP contribution in [0.2, 0.25) is 0 Å². The van der Waals surface area contributed by atoms with Crippen LogP contribution in [0, 0.1) is 0 Å². The van der Waals surface area contributed by atoms with Gasteiger partial charge in [0.15, 0.2) is 0 Å². The number of hydrogen-bond acceptors (Lipinski definition) is 4. The number of nitrogens with one attached hydrogen (secondary N) is 2. The van der Waals surface area contributed by atoms with Crippen LogP contribution in [-0.4, -0.2) is 20.0 Å². The van der Waals surface area contributed by atoms with E-state index < -0.39 is 10.0 Å². The molecule has 2 rings (SSSR count).